The van der Waals surface area contributed by atoms with Crippen molar-refractivity contribution in [3.63, 3.8) is 0 Å². The van der Waals surface area contributed by atoms with E-state index in [0.29, 0.717) is 6.54 Å². The number of ether oxygens (including phenoxy) is 1. The van der Waals surface area contributed by atoms with E-state index < -0.39 is 0 Å². The van der Waals surface area contributed by atoms with Gasteiger partial charge in [0.05, 0.1) is 19.0 Å². The van der Waals surface area contributed by atoms with Gasteiger partial charge in [-0.25, -0.2) is 0 Å². The van der Waals surface area contributed by atoms with E-state index in [1.165, 1.54) is 0 Å². The van der Waals surface area contributed by atoms with Crippen molar-refractivity contribution < 1.29 is 4.74 Å². The van der Waals surface area contributed by atoms with Gasteiger partial charge < -0.3 is 10.5 Å². The third-order valence-electron chi connectivity index (χ3n) is 2.94. The maximum atomic E-state index is 5.80. The molecule has 0 unspecified atom stereocenters. The highest BCUT2D eigenvalue weighted by Gasteiger charge is 2.17. The van der Waals surface area contributed by atoms with Crippen LogP contribution < -0.4 is 10.5 Å². The molecule has 2 N–H and O–H groups in total. The summed E-state index contributed by atoms with van der Waals surface area (Å²) in [6, 6.07) is 8.22. The van der Waals surface area contributed by atoms with Crippen molar-refractivity contribution in [1.29, 1.82) is 0 Å². The van der Waals surface area contributed by atoms with Crippen LogP contribution in [0.25, 0.3) is 11.3 Å². The van der Waals surface area contributed by atoms with Crippen LogP contribution in [0.1, 0.15) is 25.5 Å². The van der Waals surface area contributed by atoms with Crippen LogP contribution in [-0.4, -0.2) is 16.9 Å². The third-order valence-corrected chi connectivity index (χ3v) is 2.94. The molecule has 0 bridgehead atoms. The summed E-state index contributed by atoms with van der Waals surface area (Å²) in [5.74, 6) is 0.842. The molecule has 0 spiro atoms. The highest BCUT2D eigenvalue weighted by atomic mass is 16.5. The van der Waals surface area contributed by atoms with Crippen molar-refractivity contribution >= 4 is 0 Å². The maximum Gasteiger partial charge on any atom is 0.128 e. The Hall–Kier alpha value is -1.81. The number of methoxy groups -OCH3 is 1. The van der Waals surface area contributed by atoms with Gasteiger partial charge in [0.25, 0.3) is 0 Å². The van der Waals surface area contributed by atoms with Crippen LogP contribution in [0.5, 0.6) is 5.75 Å². The third kappa shape index (κ3) is 2.11. The van der Waals surface area contributed by atoms with Crippen LogP contribution in [0.3, 0.4) is 0 Å². The Labute approximate surface area is 107 Å². The molecular formula is C14H19N3O. The smallest absolute Gasteiger partial charge is 0.128 e. The average molecular weight is 245 g/mol. The minimum atomic E-state index is 0.283. The highest BCUT2D eigenvalue weighted by Crippen LogP contribution is 2.33. The first-order valence-electron chi connectivity index (χ1n) is 6.08. The molecule has 0 saturated heterocycles. The van der Waals surface area contributed by atoms with Crippen LogP contribution in [-0.2, 0) is 6.54 Å². The summed E-state index contributed by atoms with van der Waals surface area (Å²) in [6.07, 6.45) is 1.84. The van der Waals surface area contributed by atoms with E-state index in [2.05, 4.69) is 18.9 Å². The summed E-state index contributed by atoms with van der Waals surface area (Å²) in [5.41, 5.74) is 8.91. The van der Waals surface area contributed by atoms with Gasteiger partial charge in [0, 0.05) is 23.7 Å². The van der Waals surface area contributed by atoms with Gasteiger partial charge in [0.15, 0.2) is 0 Å². The SMILES string of the molecule is COc1ccccc1-c1c(CN)cnn1C(C)C. The van der Waals surface area contributed by atoms with Crippen LogP contribution in [0.2, 0.25) is 0 Å². The Bertz CT molecular complexity index is 532. The van der Waals surface area contributed by atoms with E-state index in [1.807, 2.05) is 35.1 Å². The van der Waals surface area contributed by atoms with E-state index in [1.54, 1.807) is 7.11 Å². The van der Waals surface area contributed by atoms with Crippen LogP contribution in [0.15, 0.2) is 30.5 Å². The number of hydrogen-bond donors (Lipinski definition) is 1. The molecule has 18 heavy (non-hydrogen) atoms. The van der Waals surface area contributed by atoms with E-state index in [-0.39, 0.29) is 6.04 Å². The van der Waals surface area contributed by atoms with Crippen LogP contribution in [0, 0.1) is 0 Å². The average Bonchev–Trinajstić information content (AvgIpc) is 2.82. The summed E-state index contributed by atoms with van der Waals surface area (Å²) in [5, 5.41) is 4.42. The number of nitrogens with two attached hydrogens (primary N) is 1. The summed E-state index contributed by atoms with van der Waals surface area (Å²) >= 11 is 0. The first kappa shape index (κ1) is 12.6. The molecule has 1 aromatic carbocycles. The molecule has 0 radical (unpaired) electrons. The minimum Gasteiger partial charge on any atom is -0.496 e. The lowest BCUT2D eigenvalue weighted by Gasteiger charge is -2.15. The number of benzene rings is 1. The van der Waals surface area contributed by atoms with Crippen molar-refractivity contribution in [3.8, 4) is 17.0 Å². The van der Waals surface area contributed by atoms with E-state index in [0.717, 1.165) is 22.6 Å². The Morgan fingerprint density at radius 3 is 2.67 bits per heavy atom. The number of aromatic nitrogens is 2. The molecule has 4 nitrogen and oxygen atoms in total. The predicted molar refractivity (Wildman–Crippen MR) is 72.5 cm³/mol. The van der Waals surface area contributed by atoms with Crippen LogP contribution in [0.4, 0.5) is 0 Å². The van der Waals surface area contributed by atoms with Crippen molar-refractivity contribution in [2.45, 2.75) is 26.4 Å². The molecule has 0 aliphatic rings. The van der Waals surface area contributed by atoms with Gasteiger partial charge in [-0.3, -0.25) is 4.68 Å². The standard InChI is InChI=1S/C14H19N3O/c1-10(2)17-14(11(8-15)9-16-17)12-6-4-5-7-13(12)18-3/h4-7,9-10H,8,15H2,1-3H3. The fraction of sp³-hybridized carbons (Fsp3) is 0.357. The molecule has 2 aromatic rings. The quantitative estimate of drug-likeness (QED) is 0.900. The molecule has 1 heterocycles. The minimum absolute atomic E-state index is 0.283. The molecule has 0 atom stereocenters. The van der Waals surface area contributed by atoms with Crippen LogP contribution >= 0.6 is 0 Å². The van der Waals surface area contributed by atoms with Gasteiger partial charge in [-0.1, -0.05) is 12.1 Å². The summed E-state index contributed by atoms with van der Waals surface area (Å²) in [4.78, 5) is 0. The topological polar surface area (TPSA) is 53.1 Å². The summed E-state index contributed by atoms with van der Waals surface area (Å²) < 4.78 is 7.41. The highest BCUT2D eigenvalue weighted by molar-refractivity contribution is 5.70. The first-order valence-corrected chi connectivity index (χ1v) is 6.08. The van der Waals surface area contributed by atoms with Crippen molar-refractivity contribution in [1.82, 2.24) is 9.78 Å². The first-order chi connectivity index (χ1) is 8.69. The summed E-state index contributed by atoms with van der Waals surface area (Å²) in [7, 11) is 1.68. The lowest BCUT2D eigenvalue weighted by Crippen LogP contribution is -2.07. The molecule has 2 rings (SSSR count). The molecular weight excluding hydrogens is 226 g/mol. The second kappa shape index (κ2) is 5.23. The Balaban J connectivity index is 2.65. The second-order valence-electron chi connectivity index (χ2n) is 4.46. The van der Waals surface area contributed by atoms with E-state index in [9.17, 15) is 0 Å². The molecule has 96 valence electrons. The van der Waals surface area contributed by atoms with Gasteiger partial charge in [-0.2, -0.15) is 5.10 Å². The molecule has 4 heteroatoms. The molecule has 0 saturated carbocycles. The van der Waals surface area contributed by atoms with Gasteiger partial charge in [0.1, 0.15) is 5.75 Å². The molecule has 0 amide bonds. The number of hydrogen-bond acceptors (Lipinski definition) is 3. The lowest BCUT2D eigenvalue weighted by molar-refractivity contribution is 0.415. The van der Waals surface area contributed by atoms with E-state index in [4.69, 9.17) is 10.5 Å². The number of nitrogens with zero attached hydrogens (tertiary/aromatic N) is 2. The molecule has 0 fully saturated rings. The number of para-hydroxylation sites is 1. The van der Waals surface area contributed by atoms with Crippen molar-refractivity contribution in [2.24, 2.45) is 5.73 Å². The van der Waals surface area contributed by atoms with Crippen molar-refractivity contribution in [3.05, 3.63) is 36.0 Å². The molecule has 0 aliphatic heterocycles. The van der Waals surface area contributed by atoms with Gasteiger partial charge in [-0.05, 0) is 26.0 Å². The van der Waals surface area contributed by atoms with Gasteiger partial charge >= 0.3 is 0 Å². The Kier molecular flexibility index (Phi) is 3.67. The van der Waals surface area contributed by atoms with Gasteiger partial charge in [-0.15, -0.1) is 0 Å². The fourth-order valence-corrected chi connectivity index (χ4v) is 2.08. The normalized spacial score (nSPS) is 10.9. The van der Waals surface area contributed by atoms with E-state index >= 15 is 0 Å². The monoisotopic (exact) mass is 245 g/mol. The molecule has 1 aromatic heterocycles. The Morgan fingerprint density at radius 2 is 2.06 bits per heavy atom. The van der Waals surface area contributed by atoms with Gasteiger partial charge in [0.2, 0.25) is 0 Å². The zero-order valence-corrected chi connectivity index (χ0v) is 11.1. The second-order valence-corrected chi connectivity index (χ2v) is 4.46. The zero-order valence-electron chi connectivity index (χ0n) is 11.1. The largest absolute Gasteiger partial charge is 0.496 e. The lowest BCUT2D eigenvalue weighted by atomic mass is 10.1. The predicted octanol–water partition coefficient (Wildman–Crippen LogP) is 2.60. The Morgan fingerprint density at radius 1 is 1.33 bits per heavy atom. The number of rotatable bonds is 4. The molecule has 0 aliphatic carbocycles. The zero-order chi connectivity index (χ0) is 13.1. The van der Waals surface area contributed by atoms with Crippen molar-refractivity contribution in [2.75, 3.05) is 7.11 Å². The summed E-state index contributed by atoms with van der Waals surface area (Å²) in [6.45, 7) is 4.68. The fourth-order valence-electron chi connectivity index (χ4n) is 2.08. The maximum absolute atomic E-state index is 5.80.